The van der Waals surface area contributed by atoms with Crippen molar-refractivity contribution in [3.63, 3.8) is 0 Å². The van der Waals surface area contributed by atoms with Crippen LogP contribution in [-0.4, -0.2) is 42.9 Å². The minimum absolute atomic E-state index is 0.0722. The van der Waals surface area contributed by atoms with E-state index in [0.29, 0.717) is 11.8 Å². The molecule has 11 heteroatoms. The summed E-state index contributed by atoms with van der Waals surface area (Å²) >= 11 is 1.37. The van der Waals surface area contributed by atoms with Crippen LogP contribution >= 0.6 is 11.8 Å². The predicted molar refractivity (Wildman–Crippen MR) is 117 cm³/mol. The smallest absolute Gasteiger partial charge is 0.243 e. The Morgan fingerprint density at radius 3 is 2.56 bits per heavy atom. The zero-order valence-corrected chi connectivity index (χ0v) is 18.7. The molecule has 4 rings (SSSR count). The van der Waals surface area contributed by atoms with Gasteiger partial charge in [0.2, 0.25) is 21.8 Å². The normalized spacial score (nSPS) is 19.8. The number of fused-ring (bicyclic) bond motifs is 1. The molecule has 0 spiro atoms. The highest BCUT2D eigenvalue weighted by molar-refractivity contribution is 8.01. The number of carbonyl (C=O) groups excluding carboxylic acids is 2. The fourth-order valence-corrected chi connectivity index (χ4v) is 6.11. The third kappa shape index (κ3) is 4.50. The Labute approximate surface area is 188 Å². The summed E-state index contributed by atoms with van der Waals surface area (Å²) < 4.78 is 54.3. The average Bonchev–Trinajstić information content (AvgIpc) is 2.76. The third-order valence-electron chi connectivity index (χ3n) is 5.53. The number of nitrogens with one attached hydrogen (secondary N) is 2. The van der Waals surface area contributed by atoms with Crippen LogP contribution in [0.15, 0.2) is 46.2 Å². The molecule has 2 N–H and O–H groups in total. The third-order valence-corrected chi connectivity index (χ3v) is 8.61. The number of halogens is 2. The molecule has 2 heterocycles. The van der Waals surface area contributed by atoms with E-state index in [4.69, 9.17) is 0 Å². The highest BCUT2D eigenvalue weighted by atomic mass is 32.2. The summed E-state index contributed by atoms with van der Waals surface area (Å²) in [6.07, 6.45) is 0.534. The summed E-state index contributed by atoms with van der Waals surface area (Å²) in [6, 6.07) is 7.54. The van der Waals surface area contributed by atoms with Gasteiger partial charge in [-0.25, -0.2) is 17.2 Å². The number of rotatable bonds is 4. The minimum atomic E-state index is -3.81. The van der Waals surface area contributed by atoms with Crippen molar-refractivity contribution in [1.29, 1.82) is 0 Å². The summed E-state index contributed by atoms with van der Waals surface area (Å²) in [7, 11) is -3.81. The van der Waals surface area contributed by atoms with Crippen molar-refractivity contribution in [3.05, 3.63) is 48.0 Å². The van der Waals surface area contributed by atoms with Gasteiger partial charge in [0.25, 0.3) is 0 Å². The topological polar surface area (TPSA) is 95.6 Å². The Morgan fingerprint density at radius 2 is 1.88 bits per heavy atom. The van der Waals surface area contributed by atoms with Gasteiger partial charge in [-0.2, -0.15) is 4.31 Å². The van der Waals surface area contributed by atoms with Crippen LogP contribution in [0.5, 0.6) is 0 Å². The number of piperidine rings is 1. The molecule has 1 fully saturated rings. The van der Waals surface area contributed by atoms with Crippen molar-refractivity contribution < 1.29 is 26.8 Å². The Hall–Kier alpha value is -2.50. The van der Waals surface area contributed by atoms with E-state index in [-0.39, 0.29) is 47.7 Å². The first-order chi connectivity index (χ1) is 15.1. The molecule has 0 saturated carbocycles. The molecular weight excluding hydrogens is 460 g/mol. The Bertz CT molecular complexity index is 1180. The van der Waals surface area contributed by atoms with Gasteiger partial charge in [-0.1, -0.05) is 0 Å². The van der Waals surface area contributed by atoms with Crippen molar-refractivity contribution in [2.45, 2.75) is 34.8 Å². The summed E-state index contributed by atoms with van der Waals surface area (Å²) in [5, 5.41) is 4.92. The molecule has 2 aromatic rings. The first-order valence-electron chi connectivity index (χ1n) is 10.0. The van der Waals surface area contributed by atoms with Crippen molar-refractivity contribution in [2.24, 2.45) is 5.92 Å². The monoisotopic (exact) mass is 481 g/mol. The van der Waals surface area contributed by atoms with E-state index >= 15 is 0 Å². The number of anilines is 2. The van der Waals surface area contributed by atoms with Gasteiger partial charge in [-0.3, -0.25) is 9.59 Å². The van der Waals surface area contributed by atoms with Crippen molar-refractivity contribution >= 4 is 45.0 Å². The quantitative estimate of drug-likeness (QED) is 0.698. The van der Waals surface area contributed by atoms with E-state index in [1.807, 2.05) is 0 Å². The van der Waals surface area contributed by atoms with Gasteiger partial charge in [0, 0.05) is 30.0 Å². The zero-order valence-electron chi connectivity index (χ0n) is 17.1. The predicted octanol–water partition coefficient (Wildman–Crippen LogP) is 3.44. The lowest BCUT2D eigenvalue weighted by atomic mass is 9.97. The second kappa shape index (κ2) is 8.80. The highest BCUT2D eigenvalue weighted by Gasteiger charge is 2.33. The van der Waals surface area contributed by atoms with E-state index in [9.17, 15) is 26.8 Å². The molecular formula is C21H21F2N3O4S2. The Morgan fingerprint density at radius 1 is 1.16 bits per heavy atom. The van der Waals surface area contributed by atoms with E-state index in [1.165, 1.54) is 28.2 Å². The van der Waals surface area contributed by atoms with Gasteiger partial charge in [0.05, 0.1) is 21.5 Å². The zero-order chi connectivity index (χ0) is 23.0. The molecule has 2 amide bonds. The molecule has 2 aromatic carbocycles. The number of nitrogens with zero attached hydrogens (tertiary/aromatic N) is 1. The number of amides is 2. The van der Waals surface area contributed by atoms with Crippen LogP contribution < -0.4 is 10.6 Å². The molecule has 1 unspecified atom stereocenters. The lowest BCUT2D eigenvalue weighted by Gasteiger charge is -2.31. The van der Waals surface area contributed by atoms with Crippen LogP contribution in [0.4, 0.5) is 20.2 Å². The van der Waals surface area contributed by atoms with E-state index in [2.05, 4.69) is 10.6 Å². The lowest BCUT2D eigenvalue weighted by Crippen LogP contribution is -2.41. The Kier molecular flexibility index (Phi) is 6.24. The maximum absolute atomic E-state index is 13.8. The van der Waals surface area contributed by atoms with Gasteiger partial charge >= 0.3 is 0 Å². The lowest BCUT2D eigenvalue weighted by molar-refractivity contribution is -0.121. The number of benzene rings is 2. The summed E-state index contributed by atoms with van der Waals surface area (Å²) in [5.41, 5.74) is 0.351. The maximum Gasteiger partial charge on any atom is 0.243 e. The fourth-order valence-electron chi connectivity index (χ4n) is 3.68. The van der Waals surface area contributed by atoms with Crippen molar-refractivity contribution in [3.8, 4) is 0 Å². The average molecular weight is 482 g/mol. The molecule has 0 aromatic heterocycles. The summed E-state index contributed by atoms with van der Waals surface area (Å²) in [6.45, 7) is 2.03. The van der Waals surface area contributed by atoms with Crippen LogP contribution in [0.2, 0.25) is 0 Å². The van der Waals surface area contributed by atoms with Crippen molar-refractivity contribution in [2.75, 3.05) is 23.7 Å². The molecule has 0 aliphatic carbocycles. The molecule has 0 radical (unpaired) electrons. The van der Waals surface area contributed by atoms with Crippen LogP contribution in [-0.2, 0) is 19.6 Å². The molecule has 170 valence electrons. The summed E-state index contributed by atoms with van der Waals surface area (Å²) in [5.74, 6) is -2.72. The highest BCUT2D eigenvalue weighted by Crippen LogP contribution is 2.37. The minimum Gasteiger partial charge on any atom is -0.324 e. The number of hydrogen-bond acceptors (Lipinski definition) is 5. The largest absolute Gasteiger partial charge is 0.324 e. The van der Waals surface area contributed by atoms with Gasteiger partial charge in [-0.05, 0) is 50.1 Å². The maximum atomic E-state index is 13.8. The van der Waals surface area contributed by atoms with E-state index in [1.54, 1.807) is 13.0 Å². The van der Waals surface area contributed by atoms with Crippen LogP contribution in [0, 0.1) is 17.6 Å². The van der Waals surface area contributed by atoms with Crippen LogP contribution in [0.3, 0.4) is 0 Å². The van der Waals surface area contributed by atoms with Gasteiger partial charge in [0.1, 0.15) is 11.6 Å². The first-order valence-corrected chi connectivity index (χ1v) is 12.3. The van der Waals surface area contributed by atoms with E-state index < -0.39 is 33.5 Å². The number of carbonyl (C=O) groups is 2. The second-order valence-electron chi connectivity index (χ2n) is 7.70. The molecule has 2 aliphatic heterocycles. The first kappa shape index (κ1) is 22.7. The van der Waals surface area contributed by atoms with E-state index in [0.717, 1.165) is 17.0 Å². The molecule has 2 aliphatic rings. The standard InChI is InChI=1S/C21H21F2N3O4S2/c1-12-20(27)25-18-11-15(3-5-19(18)31-12)32(29,30)26-8-6-13(7-9-26)21(28)24-17-4-2-14(22)10-16(17)23/h2-5,10-13H,6-9H2,1H3,(H,24,28)(H,25,27). The number of hydrogen-bond donors (Lipinski definition) is 2. The SMILES string of the molecule is CC1Sc2ccc(S(=O)(=O)N3CCC(C(=O)Nc4ccc(F)cc4F)CC3)cc2NC1=O. The number of sulfonamides is 1. The Balaban J connectivity index is 1.42. The molecule has 7 nitrogen and oxygen atoms in total. The summed E-state index contributed by atoms with van der Waals surface area (Å²) in [4.78, 5) is 25.3. The van der Waals surface area contributed by atoms with Crippen LogP contribution in [0.25, 0.3) is 0 Å². The molecule has 0 bridgehead atoms. The second-order valence-corrected chi connectivity index (χ2v) is 11.0. The number of thioether (sulfide) groups is 1. The molecule has 32 heavy (non-hydrogen) atoms. The van der Waals surface area contributed by atoms with Gasteiger partial charge in [0.15, 0.2) is 0 Å². The van der Waals surface area contributed by atoms with Gasteiger partial charge in [-0.15, -0.1) is 11.8 Å². The van der Waals surface area contributed by atoms with Crippen molar-refractivity contribution in [1.82, 2.24) is 4.31 Å². The van der Waals surface area contributed by atoms with Gasteiger partial charge < -0.3 is 10.6 Å². The molecule has 1 saturated heterocycles. The molecule has 1 atom stereocenters. The fraction of sp³-hybridized carbons (Fsp3) is 0.333. The van der Waals surface area contributed by atoms with Crippen LogP contribution in [0.1, 0.15) is 19.8 Å².